The predicted octanol–water partition coefficient (Wildman–Crippen LogP) is 3.34. The van der Waals surface area contributed by atoms with Crippen LogP contribution >= 0.6 is 11.6 Å². The zero-order chi connectivity index (χ0) is 13.5. The molecule has 98 valence electrons. The van der Waals surface area contributed by atoms with Crippen molar-refractivity contribution in [3.8, 4) is 0 Å². The van der Waals surface area contributed by atoms with Crippen LogP contribution < -0.4 is 4.90 Å². The summed E-state index contributed by atoms with van der Waals surface area (Å²) in [5, 5.41) is 9.97. The van der Waals surface area contributed by atoms with E-state index in [-0.39, 0.29) is 11.5 Å². The molecular weight excluding hydrogens is 250 g/mol. The summed E-state index contributed by atoms with van der Waals surface area (Å²) in [7, 11) is 0. The molecule has 0 amide bonds. The maximum absolute atomic E-state index is 11.3. The quantitative estimate of drug-likeness (QED) is 0.893. The molecular formula is C14H18ClNO2. The zero-order valence-corrected chi connectivity index (χ0v) is 11.7. The van der Waals surface area contributed by atoms with Crippen molar-refractivity contribution >= 4 is 23.3 Å². The maximum atomic E-state index is 11.3. The Hall–Kier alpha value is -1.22. The molecule has 1 fully saturated rings. The van der Waals surface area contributed by atoms with Crippen LogP contribution in [-0.2, 0) is 4.79 Å². The third-order valence-corrected chi connectivity index (χ3v) is 4.18. The molecule has 1 aliphatic rings. The Labute approximate surface area is 112 Å². The van der Waals surface area contributed by atoms with Gasteiger partial charge in [0.05, 0.1) is 5.92 Å². The maximum Gasteiger partial charge on any atom is 0.308 e. The average molecular weight is 268 g/mol. The molecule has 4 heteroatoms. The molecule has 0 spiro atoms. The van der Waals surface area contributed by atoms with Crippen LogP contribution in [-0.4, -0.2) is 23.2 Å². The summed E-state index contributed by atoms with van der Waals surface area (Å²) in [6, 6.07) is 5.75. The van der Waals surface area contributed by atoms with Gasteiger partial charge in [0, 0.05) is 22.8 Å². The zero-order valence-electron chi connectivity index (χ0n) is 10.9. The summed E-state index contributed by atoms with van der Waals surface area (Å²) in [6.45, 7) is 6.75. The fourth-order valence-corrected chi connectivity index (χ4v) is 2.98. The van der Waals surface area contributed by atoms with Gasteiger partial charge in [0.25, 0.3) is 0 Å². The largest absolute Gasteiger partial charge is 0.481 e. The van der Waals surface area contributed by atoms with Crippen molar-refractivity contribution in [3.05, 3.63) is 28.8 Å². The van der Waals surface area contributed by atoms with Crippen molar-refractivity contribution in [1.29, 1.82) is 0 Å². The Balaban J connectivity index is 2.41. The SMILES string of the molecule is Cc1ccc(Cl)cc1N1CCC(C(=O)O)C1(C)C. The van der Waals surface area contributed by atoms with E-state index < -0.39 is 5.97 Å². The van der Waals surface area contributed by atoms with Gasteiger partial charge in [-0.3, -0.25) is 4.79 Å². The molecule has 1 N–H and O–H groups in total. The summed E-state index contributed by atoms with van der Waals surface area (Å²) in [6.07, 6.45) is 0.675. The highest BCUT2D eigenvalue weighted by Gasteiger charge is 2.45. The molecule has 1 saturated heterocycles. The fraction of sp³-hybridized carbons (Fsp3) is 0.500. The van der Waals surface area contributed by atoms with Crippen LogP contribution in [0.25, 0.3) is 0 Å². The number of halogens is 1. The lowest BCUT2D eigenvalue weighted by Crippen LogP contribution is -2.45. The molecule has 1 aromatic rings. The number of carboxylic acid groups (broad SMARTS) is 1. The smallest absolute Gasteiger partial charge is 0.308 e. The number of rotatable bonds is 2. The van der Waals surface area contributed by atoms with Gasteiger partial charge in [-0.15, -0.1) is 0 Å². The number of benzene rings is 1. The first-order chi connectivity index (χ1) is 8.34. The van der Waals surface area contributed by atoms with Gasteiger partial charge in [0.15, 0.2) is 0 Å². The minimum Gasteiger partial charge on any atom is -0.481 e. The van der Waals surface area contributed by atoms with Crippen LogP contribution in [0.5, 0.6) is 0 Å². The van der Waals surface area contributed by atoms with Crippen LogP contribution in [0.1, 0.15) is 25.8 Å². The van der Waals surface area contributed by atoms with Crippen LogP contribution in [0.4, 0.5) is 5.69 Å². The highest BCUT2D eigenvalue weighted by molar-refractivity contribution is 6.30. The van der Waals surface area contributed by atoms with E-state index in [9.17, 15) is 9.90 Å². The molecule has 1 heterocycles. The first-order valence-corrected chi connectivity index (χ1v) is 6.48. The van der Waals surface area contributed by atoms with E-state index >= 15 is 0 Å². The number of hydrogen-bond acceptors (Lipinski definition) is 2. The predicted molar refractivity (Wildman–Crippen MR) is 73.4 cm³/mol. The molecule has 1 atom stereocenters. The van der Waals surface area contributed by atoms with Crippen LogP contribution in [0.2, 0.25) is 5.02 Å². The summed E-state index contributed by atoms with van der Waals surface area (Å²) in [5.41, 5.74) is 1.77. The van der Waals surface area contributed by atoms with E-state index in [0.717, 1.165) is 17.8 Å². The number of carbonyl (C=O) groups is 1. The molecule has 3 nitrogen and oxygen atoms in total. The molecule has 0 bridgehead atoms. The lowest BCUT2D eigenvalue weighted by molar-refractivity contribution is -0.142. The van der Waals surface area contributed by atoms with Gasteiger partial charge < -0.3 is 10.0 Å². The van der Waals surface area contributed by atoms with E-state index in [1.807, 2.05) is 39.0 Å². The molecule has 18 heavy (non-hydrogen) atoms. The summed E-state index contributed by atoms with van der Waals surface area (Å²) < 4.78 is 0. The first kappa shape index (κ1) is 13.2. The van der Waals surface area contributed by atoms with Gasteiger partial charge in [-0.2, -0.15) is 0 Å². The van der Waals surface area contributed by atoms with Gasteiger partial charge >= 0.3 is 5.97 Å². The highest BCUT2D eigenvalue weighted by Crippen LogP contribution is 2.40. The summed E-state index contributed by atoms with van der Waals surface area (Å²) >= 11 is 6.04. The Kier molecular flexibility index (Phi) is 3.28. The van der Waals surface area contributed by atoms with Crippen molar-refractivity contribution in [1.82, 2.24) is 0 Å². The molecule has 0 radical (unpaired) electrons. The standard InChI is InChI=1S/C14H18ClNO2/c1-9-4-5-10(15)8-12(9)16-7-6-11(13(17)18)14(16,2)3/h4-5,8,11H,6-7H2,1-3H3,(H,17,18). The van der Waals surface area contributed by atoms with Crippen LogP contribution in [0, 0.1) is 12.8 Å². The van der Waals surface area contributed by atoms with Crippen molar-refractivity contribution in [2.75, 3.05) is 11.4 Å². The highest BCUT2D eigenvalue weighted by atomic mass is 35.5. The van der Waals surface area contributed by atoms with Gasteiger partial charge in [-0.25, -0.2) is 0 Å². The van der Waals surface area contributed by atoms with Crippen LogP contribution in [0.3, 0.4) is 0 Å². The second kappa shape index (κ2) is 4.47. The number of aliphatic carboxylic acids is 1. The third kappa shape index (κ3) is 2.07. The Morgan fingerprint density at radius 1 is 1.50 bits per heavy atom. The van der Waals surface area contributed by atoms with E-state index in [1.165, 1.54) is 0 Å². The molecule has 0 aromatic heterocycles. The second-order valence-corrected chi connectivity index (χ2v) is 5.85. The Morgan fingerprint density at radius 2 is 2.17 bits per heavy atom. The van der Waals surface area contributed by atoms with Crippen molar-refractivity contribution in [2.45, 2.75) is 32.7 Å². The number of anilines is 1. The normalized spacial score (nSPS) is 22.2. The minimum atomic E-state index is -0.720. The molecule has 2 rings (SSSR count). The van der Waals surface area contributed by atoms with Crippen molar-refractivity contribution < 1.29 is 9.90 Å². The molecule has 0 aliphatic carbocycles. The van der Waals surface area contributed by atoms with Gasteiger partial charge in [0.2, 0.25) is 0 Å². The van der Waals surface area contributed by atoms with Crippen molar-refractivity contribution in [3.63, 3.8) is 0 Å². The molecule has 1 unspecified atom stereocenters. The lowest BCUT2D eigenvalue weighted by atomic mass is 9.88. The minimum absolute atomic E-state index is 0.337. The van der Waals surface area contributed by atoms with Crippen molar-refractivity contribution in [2.24, 2.45) is 5.92 Å². The molecule has 1 aromatic carbocycles. The summed E-state index contributed by atoms with van der Waals surface area (Å²) in [4.78, 5) is 13.5. The average Bonchev–Trinajstić information content (AvgIpc) is 2.57. The summed E-state index contributed by atoms with van der Waals surface area (Å²) in [5.74, 6) is -1.06. The lowest BCUT2D eigenvalue weighted by Gasteiger charge is -2.37. The number of nitrogens with zero attached hydrogens (tertiary/aromatic N) is 1. The van der Waals surface area contributed by atoms with Crippen LogP contribution in [0.15, 0.2) is 18.2 Å². The number of hydrogen-bond donors (Lipinski definition) is 1. The molecule has 0 saturated carbocycles. The second-order valence-electron chi connectivity index (χ2n) is 5.42. The monoisotopic (exact) mass is 267 g/mol. The van der Waals surface area contributed by atoms with E-state index in [0.29, 0.717) is 11.4 Å². The van der Waals surface area contributed by atoms with Gasteiger partial charge in [0.1, 0.15) is 0 Å². The topological polar surface area (TPSA) is 40.5 Å². The Morgan fingerprint density at radius 3 is 2.72 bits per heavy atom. The number of aryl methyl sites for hydroxylation is 1. The Bertz CT molecular complexity index is 485. The van der Waals surface area contributed by atoms with E-state index in [4.69, 9.17) is 11.6 Å². The first-order valence-electron chi connectivity index (χ1n) is 6.10. The number of carboxylic acids is 1. The van der Waals surface area contributed by atoms with E-state index in [2.05, 4.69) is 4.90 Å². The van der Waals surface area contributed by atoms with Gasteiger partial charge in [-0.1, -0.05) is 17.7 Å². The molecule has 1 aliphatic heterocycles. The van der Waals surface area contributed by atoms with E-state index in [1.54, 1.807) is 0 Å². The third-order valence-electron chi connectivity index (χ3n) is 3.95. The van der Waals surface area contributed by atoms with Gasteiger partial charge in [-0.05, 0) is 44.9 Å². The fourth-order valence-electron chi connectivity index (χ4n) is 2.82.